The van der Waals surface area contributed by atoms with Gasteiger partial charge in [0.25, 0.3) is 0 Å². The Labute approximate surface area is 63.7 Å². The topological polar surface area (TPSA) is 24.1 Å². The van der Waals surface area contributed by atoms with Gasteiger partial charge in [-0.2, -0.15) is 0 Å². The fourth-order valence-electron chi connectivity index (χ4n) is 0.397. The van der Waals surface area contributed by atoms with Gasteiger partial charge in [-0.25, -0.2) is 5.43 Å². The average molecular weight is 142 g/mol. The highest BCUT2D eigenvalue weighted by Gasteiger charge is 2.11. The molecule has 0 heterocycles. The summed E-state index contributed by atoms with van der Waals surface area (Å²) in [5, 5.41) is 0. The molecule has 0 aliphatic heterocycles. The quantitative estimate of drug-likeness (QED) is 0.573. The Hall–Kier alpha value is -0.500. The van der Waals surface area contributed by atoms with Crippen molar-refractivity contribution in [3.8, 4) is 0 Å². The first-order valence-corrected chi connectivity index (χ1v) is 3.58. The second-order valence-corrected chi connectivity index (χ2v) is 3.47. The van der Waals surface area contributed by atoms with Crippen molar-refractivity contribution in [1.29, 1.82) is 0 Å². The SMILES string of the molecule is CNN/C=C(\C)C(C)(C)C. The van der Waals surface area contributed by atoms with Crippen molar-refractivity contribution in [2.45, 2.75) is 27.7 Å². The summed E-state index contributed by atoms with van der Waals surface area (Å²) in [6, 6.07) is 0. The van der Waals surface area contributed by atoms with Gasteiger partial charge in [0.05, 0.1) is 0 Å². The Morgan fingerprint density at radius 1 is 1.30 bits per heavy atom. The van der Waals surface area contributed by atoms with Crippen molar-refractivity contribution in [3.05, 3.63) is 11.8 Å². The number of nitrogens with one attached hydrogen (secondary N) is 2. The van der Waals surface area contributed by atoms with Crippen LogP contribution in [-0.2, 0) is 0 Å². The summed E-state index contributed by atoms with van der Waals surface area (Å²) in [6.45, 7) is 8.69. The van der Waals surface area contributed by atoms with Crippen molar-refractivity contribution in [1.82, 2.24) is 10.9 Å². The molecule has 0 aromatic heterocycles. The van der Waals surface area contributed by atoms with Crippen molar-refractivity contribution >= 4 is 0 Å². The van der Waals surface area contributed by atoms with E-state index >= 15 is 0 Å². The Bertz CT molecular complexity index is 120. The van der Waals surface area contributed by atoms with Crippen LogP contribution in [0.5, 0.6) is 0 Å². The monoisotopic (exact) mass is 142 g/mol. The molecule has 0 amide bonds. The maximum atomic E-state index is 2.94. The van der Waals surface area contributed by atoms with Crippen LogP contribution in [0.15, 0.2) is 11.8 Å². The molecule has 0 aromatic carbocycles. The summed E-state index contributed by atoms with van der Waals surface area (Å²) in [5.74, 6) is 0. The van der Waals surface area contributed by atoms with E-state index in [1.54, 1.807) is 0 Å². The second kappa shape index (κ2) is 3.62. The van der Waals surface area contributed by atoms with E-state index < -0.39 is 0 Å². The molecule has 2 heteroatoms. The van der Waals surface area contributed by atoms with Gasteiger partial charge in [0, 0.05) is 13.2 Å². The van der Waals surface area contributed by atoms with Crippen LogP contribution in [0.3, 0.4) is 0 Å². The first-order chi connectivity index (χ1) is 4.48. The molecule has 10 heavy (non-hydrogen) atoms. The molecule has 0 saturated heterocycles. The molecule has 0 fully saturated rings. The van der Waals surface area contributed by atoms with E-state index in [1.807, 2.05) is 13.2 Å². The highest BCUT2D eigenvalue weighted by atomic mass is 15.3. The van der Waals surface area contributed by atoms with Gasteiger partial charge < -0.3 is 5.43 Å². The Kier molecular flexibility index (Phi) is 3.43. The first kappa shape index (κ1) is 9.50. The minimum Gasteiger partial charge on any atom is -0.329 e. The molecule has 0 bridgehead atoms. The maximum absolute atomic E-state index is 2.94. The average Bonchev–Trinajstić information content (AvgIpc) is 1.80. The van der Waals surface area contributed by atoms with Crippen LogP contribution in [0, 0.1) is 5.41 Å². The summed E-state index contributed by atoms with van der Waals surface area (Å²) in [4.78, 5) is 0. The van der Waals surface area contributed by atoms with E-state index in [-0.39, 0.29) is 5.41 Å². The number of allylic oxidation sites excluding steroid dienone is 1. The third-order valence-corrected chi connectivity index (χ3v) is 1.62. The van der Waals surface area contributed by atoms with E-state index in [0.29, 0.717) is 0 Å². The molecule has 0 aliphatic rings. The van der Waals surface area contributed by atoms with E-state index in [4.69, 9.17) is 0 Å². The molecule has 0 aromatic rings. The standard InChI is InChI=1S/C8H18N2/c1-7(6-10-9-5)8(2,3)4/h6,9-10H,1-5H3/b7-6+. The van der Waals surface area contributed by atoms with E-state index in [0.717, 1.165) is 0 Å². The molecule has 2 N–H and O–H groups in total. The summed E-state index contributed by atoms with van der Waals surface area (Å²) in [7, 11) is 1.85. The van der Waals surface area contributed by atoms with Crippen LogP contribution in [0.2, 0.25) is 0 Å². The minimum atomic E-state index is 0.268. The van der Waals surface area contributed by atoms with Crippen molar-refractivity contribution in [3.63, 3.8) is 0 Å². The highest BCUT2D eigenvalue weighted by molar-refractivity contribution is 5.05. The molecule has 2 nitrogen and oxygen atoms in total. The lowest BCUT2D eigenvalue weighted by Gasteiger charge is -2.19. The molecule has 0 spiro atoms. The van der Waals surface area contributed by atoms with Crippen LogP contribution >= 0.6 is 0 Å². The van der Waals surface area contributed by atoms with Gasteiger partial charge in [-0.15, -0.1) is 0 Å². The largest absolute Gasteiger partial charge is 0.329 e. The van der Waals surface area contributed by atoms with Gasteiger partial charge in [-0.3, -0.25) is 0 Å². The zero-order valence-corrected chi connectivity index (χ0v) is 7.58. The van der Waals surface area contributed by atoms with Gasteiger partial charge in [0.15, 0.2) is 0 Å². The molecular formula is C8H18N2. The lowest BCUT2D eigenvalue weighted by Crippen LogP contribution is -2.23. The smallest absolute Gasteiger partial charge is 0.0119 e. The van der Waals surface area contributed by atoms with Crippen LogP contribution in [-0.4, -0.2) is 7.05 Å². The third kappa shape index (κ3) is 3.51. The molecule has 60 valence electrons. The summed E-state index contributed by atoms with van der Waals surface area (Å²) < 4.78 is 0. The molecule has 0 aliphatic carbocycles. The summed E-state index contributed by atoms with van der Waals surface area (Å²) in [5.41, 5.74) is 7.39. The minimum absolute atomic E-state index is 0.268. The first-order valence-electron chi connectivity index (χ1n) is 3.58. The predicted molar refractivity (Wildman–Crippen MR) is 45.4 cm³/mol. The second-order valence-electron chi connectivity index (χ2n) is 3.47. The van der Waals surface area contributed by atoms with Gasteiger partial charge in [0.1, 0.15) is 0 Å². The Morgan fingerprint density at radius 2 is 1.80 bits per heavy atom. The van der Waals surface area contributed by atoms with Crippen LogP contribution in [0.4, 0.5) is 0 Å². The Balaban J connectivity index is 3.93. The van der Waals surface area contributed by atoms with Gasteiger partial charge in [0.2, 0.25) is 0 Å². The van der Waals surface area contributed by atoms with Crippen LogP contribution in [0.25, 0.3) is 0 Å². The van der Waals surface area contributed by atoms with E-state index in [2.05, 4.69) is 38.5 Å². The summed E-state index contributed by atoms with van der Waals surface area (Å²) in [6.07, 6.45) is 1.99. The van der Waals surface area contributed by atoms with E-state index in [9.17, 15) is 0 Å². The number of rotatable bonds is 2. The zero-order valence-electron chi connectivity index (χ0n) is 7.58. The zero-order chi connectivity index (χ0) is 8.20. The van der Waals surface area contributed by atoms with Crippen molar-refractivity contribution < 1.29 is 0 Å². The van der Waals surface area contributed by atoms with Crippen molar-refractivity contribution in [2.24, 2.45) is 5.41 Å². The predicted octanol–water partition coefficient (Wildman–Crippen LogP) is 1.66. The van der Waals surface area contributed by atoms with Gasteiger partial charge in [-0.05, 0) is 12.3 Å². The number of hydrogen-bond donors (Lipinski definition) is 2. The lowest BCUT2D eigenvalue weighted by molar-refractivity contribution is 0.496. The molecule has 0 rings (SSSR count). The third-order valence-electron chi connectivity index (χ3n) is 1.62. The molecule has 0 radical (unpaired) electrons. The molecule has 0 atom stereocenters. The van der Waals surface area contributed by atoms with E-state index in [1.165, 1.54) is 5.57 Å². The van der Waals surface area contributed by atoms with Gasteiger partial charge in [-0.1, -0.05) is 26.3 Å². The van der Waals surface area contributed by atoms with Crippen LogP contribution < -0.4 is 10.9 Å². The van der Waals surface area contributed by atoms with Crippen LogP contribution in [0.1, 0.15) is 27.7 Å². The maximum Gasteiger partial charge on any atom is 0.0119 e. The molecule has 0 unspecified atom stereocenters. The number of hydrazine groups is 1. The molecule has 0 saturated carbocycles. The number of hydrogen-bond acceptors (Lipinski definition) is 2. The van der Waals surface area contributed by atoms with Crippen molar-refractivity contribution in [2.75, 3.05) is 7.05 Å². The normalized spacial score (nSPS) is 13.5. The van der Waals surface area contributed by atoms with Gasteiger partial charge >= 0.3 is 0 Å². The molecular weight excluding hydrogens is 124 g/mol. The fourth-order valence-corrected chi connectivity index (χ4v) is 0.397. The lowest BCUT2D eigenvalue weighted by atomic mass is 9.88. The summed E-state index contributed by atoms with van der Waals surface area (Å²) >= 11 is 0. The Morgan fingerprint density at radius 3 is 2.10 bits per heavy atom. The highest BCUT2D eigenvalue weighted by Crippen LogP contribution is 2.23. The fraction of sp³-hybridized carbons (Fsp3) is 0.750.